The van der Waals surface area contributed by atoms with Crippen LogP contribution in [-0.2, 0) is 4.79 Å². The number of halogens is 1. The second kappa shape index (κ2) is 4.99. The largest absolute Gasteiger partial charge is 0.478 e. The molecule has 1 heterocycles. The molecule has 1 aromatic heterocycles. The number of amides is 1. The molecule has 96 valence electrons. The first-order valence-electron chi connectivity index (χ1n) is 5.49. The maximum Gasteiger partial charge on any atom is 0.338 e. The van der Waals surface area contributed by atoms with Crippen LogP contribution in [0.5, 0.6) is 0 Å². The zero-order valence-electron chi connectivity index (χ0n) is 9.44. The van der Waals surface area contributed by atoms with Crippen LogP contribution < -0.4 is 10.6 Å². The summed E-state index contributed by atoms with van der Waals surface area (Å²) in [7, 11) is 0. The molecule has 7 heteroatoms. The normalized spacial score (nSPS) is 14.1. The minimum atomic E-state index is -1.37. The van der Waals surface area contributed by atoms with E-state index in [0.717, 1.165) is 18.9 Å². The summed E-state index contributed by atoms with van der Waals surface area (Å²) >= 11 is 0. The number of carboxylic acids is 1. The predicted octanol–water partition coefficient (Wildman–Crippen LogP) is 0.609. The van der Waals surface area contributed by atoms with Gasteiger partial charge in [0.2, 0.25) is 5.91 Å². The van der Waals surface area contributed by atoms with Crippen LogP contribution in [0.1, 0.15) is 23.2 Å². The van der Waals surface area contributed by atoms with Gasteiger partial charge in [-0.2, -0.15) is 0 Å². The minimum Gasteiger partial charge on any atom is -0.478 e. The van der Waals surface area contributed by atoms with Crippen molar-refractivity contribution in [3.05, 3.63) is 23.6 Å². The van der Waals surface area contributed by atoms with Gasteiger partial charge in [0.15, 0.2) is 11.6 Å². The van der Waals surface area contributed by atoms with Gasteiger partial charge in [0, 0.05) is 12.2 Å². The molecular weight excluding hydrogens is 241 g/mol. The lowest BCUT2D eigenvalue weighted by molar-refractivity contribution is -0.119. The van der Waals surface area contributed by atoms with Crippen LogP contribution in [0.3, 0.4) is 0 Å². The van der Waals surface area contributed by atoms with Crippen LogP contribution in [0, 0.1) is 5.82 Å². The van der Waals surface area contributed by atoms with Crippen LogP contribution in [0.2, 0.25) is 0 Å². The highest BCUT2D eigenvalue weighted by Crippen LogP contribution is 2.18. The van der Waals surface area contributed by atoms with Gasteiger partial charge in [-0.15, -0.1) is 0 Å². The van der Waals surface area contributed by atoms with Crippen molar-refractivity contribution in [1.29, 1.82) is 0 Å². The van der Waals surface area contributed by atoms with Crippen LogP contribution in [-0.4, -0.2) is 34.6 Å². The average molecular weight is 253 g/mol. The molecule has 0 unspecified atom stereocenters. The van der Waals surface area contributed by atoms with Gasteiger partial charge in [-0.3, -0.25) is 4.79 Å². The molecule has 0 bridgehead atoms. The molecule has 0 aromatic carbocycles. The summed E-state index contributed by atoms with van der Waals surface area (Å²) in [4.78, 5) is 25.7. The molecular formula is C11H12FN3O3. The second-order valence-electron chi connectivity index (χ2n) is 4.02. The van der Waals surface area contributed by atoms with Crippen molar-refractivity contribution in [2.45, 2.75) is 18.9 Å². The van der Waals surface area contributed by atoms with Gasteiger partial charge in [0.25, 0.3) is 0 Å². The average Bonchev–Trinajstić information content (AvgIpc) is 3.11. The number of hydrogen-bond acceptors (Lipinski definition) is 4. The summed E-state index contributed by atoms with van der Waals surface area (Å²) in [6, 6.07) is 1.29. The first kappa shape index (κ1) is 12.3. The number of nitrogens with zero attached hydrogens (tertiary/aromatic N) is 1. The van der Waals surface area contributed by atoms with Crippen LogP contribution in [0.4, 0.5) is 10.2 Å². The van der Waals surface area contributed by atoms with Gasteiger partial charge in [-0.1, -0.05) is 0 Å². The van der Waals surface area contributed by atoms with Gasteiger partial charge in [-0.25, -0.2) is 14.2 Å². The van der Waals surface area contributed by atoms with Crippen molar-refractivity contribution >= 4 is 17.7 Å². The lowest BCUT2D eigenvalue weighted by Gasteiger charge is -2.08. The van der Waals surface area contributed by atoms with E-state index in [-0.39, 0.29) is 24.3 Å². The quantitative estimate of drug-likeness (QED) is 0.715. The summed E-state index contributed by atoms with van der Waals surface area (Å²) in [5.74, 6) is -2.84. The number of rotatable bonds is 5. The first-order chi connectivity index (χ1) is 8.58. The predicted molar refractivity (Wildman–Crippen MR) is 60.8 cm³/mol. The number of pyridine rings is 1. The highest BCUT2D eigenvalue weighted by Gasteiger charge is 2.23. The molecule has 1 aliphatic rings. The van der Waals surface area contributed by atoms with Gasteiger partial charge in [-0.05, 0) is 18.9 Å². The van der Waals surface area contributed by atoms with Crippen molar-refractivity contribution in [2.24, 2.45) is 0 Å². The standard InChI is InChI=1S/C11H12FN3O3/c12-9-7(11(17)18)3-4-13-10(9)14-5-8(16)15-6-1-2-6/h3-4,6H,1-2,5H2,(H,13,14)(H,15,16)(H,17,18). The number of nitrogens with one attached hydrogen (secondary N) is 2. The molecule has 1 amide bonds. The van der Waals surface area contributed by atoms with E-state index in [1.165, 1.54) is 6.20 Å². The number of aromatic carboxylic acids is 1. The molecule has 1 fully saturated rings. The SMILES string of the molecule is O=C(CNc1nccc(C(=O)O)c1F)NC1CC1. The van der Waals surface area contributed by atoms with Gasteiger partial charge in [0.05, 0.1) is 6.54 Å². The van der Waals surface area contributed by atoms with Gasteiger partial charge >= 0.3 is 5.97 Å². The Bertz CT molecular complexity index is 488. The smallest absolute Gasteiger partial charge is 0.338 e. The Morgan fingerprint density at radius 2 is 2.22 bits per heavy atom. The van der Waals surface area contributed by atoms with Gasteiger partial charge in [0.1, 0.15) is 5.56 Å². The molecule has 1 aromatic rings. The number of hydrogen-bond donors (Lipinski definition) is 3. The molecule has 0 spiro atoms. The Labute approximate surface area is 102 Å². The number of carboxylic acid groups (broad SMARTS) is 1. The molecule has 18 heavy (non-hydrogen) atoms. The summed E-state index contributed by atoms with van der Waals surface area (Å²) in [5, 5.41) is 13.9. The topological polar surface area (TPSA) is 91.3 Å². The molecule has 0 radical (unpaired) electrons. The minimum absolute atomic E-state index is 0.135. The Kier molecular flexibility index (Phi) is 3.40. The van der Waals surface area contributed by atoms with E-state index in [9.17, 15) is 14.0 Å². The van der Waals surface area contributed by atoms with Crippen LogP contribution in [0.15, 0.2) is 12.3 Å². The fraction of sp³-hybridized carbons (Fsp3) is 0.364. The van der Waals surface area contributed by atoms with Crippen molar-refractivity contribution in [3.8, 4) is 0 Å². The van der Waals surface area contributed by atoms with E-state index in [2.05, 4.69) is 15.6 Å². The van der Waals surface area contributed by atoms with Crippen molar-refractivity contribution < 1.29 is 19.1 Å². The highest BCUT2D eigenvalue weighted by molar-refractivity contribution is 5.89. The molecule has 1 saturated carbocycles. The first-order valence-corrected chi connectivity index (χ1v) is 5.49. The summed E-state index contributed by atoms with van der Waals surface area (Å²) < 4.78 is 13.6. The Balaban J connectivity index is 1.97. The van der Waals surface area contributed by atoms with E-state index < -0.39 is 17.3 Å². The van der Waals surface area contributed by atoms with Crippen LogP contribution in [0.25, 0.3) is 0 Å². The molecule has 3 N–H and O–H groups in total. The molecule has 2 rings (SSSR count). The highest BCUT2D eigenvalue weighted by atomic mass is 19.1. The fourth-order valence-corrected chi connectivity index (χ4v) is 1.40. The van der Waals surface area contributed by atoms with E-state index in [1.807, 2.05) is 0 Å². The van der Waals surface area contributed by atoms with E-state index in [1.54, 1.807) is 0 Å². The second-order valence-corrected chi connectivity index (χ2v) is 4.02. The zero-order valence-corrected chi connectivity index (χ0v) is 9.44. The van der Waals surface area contributed by atoms with E-state index >= 15 is 0 Å². The third-order valence-electron chi connectivity index (χ3n) is 2.48. The summed E-state index contributed by atoms with van der Waals surface area (Å²) in [5.41, 5.74) is -0.477. The monoisotopic (exact) mass is 253 g/mol. The van der Waals surface area contributed by atoms with Gasteiger partial charge < -0.3 is 15.7 Å². The maximum atomic E-state index is 13.6. The molecule has 0 aliphatic heterocycles. The van der Waals surface area contributed by atoms with Crippen LogP contribution >= 0.6 is 0 Å². The molecule has 0 saturated heterocycles. The third-order valence-corrected chi connectivity index (χ3v) is 2.48. The lowest BCUT2D eigenvalue weighted by atomic mass is 10.2. The van der Waals surface area contributed by atoms with Crippen molar-refractivity contribution in [2.75, 3.05) is 11.9 Å². The van der Waals surface area contributed by atoms with E-state index in [4.69, 9.17) is 5.11 Å². The summed E-state index contributed by atoms with van der Waals surface area (Å²) in [6.07, 6.45) is 3.10. The Morgan fingerprint density at radius 1 is 1.50 bits per heavy atom. The number of carbonyl (C=O) groups is 2. The molecule has 0 atom stereocenters. The van der Waals surface area contributed by atoms with Crippen molar-refractivity contribution in [3.63, 3.8) is 0 Å². The maximum absolute atomic E-state index is 13.6. The summed E-state index contributed by atoms with van der Waals surface area (Å²) in [6.45, 7) is -0.135. The lowest BCUT2D eigenvalue weighted by Crippen LogP contribution is -2.31. The zero-order chi connectivity index (χ0) is 13.1. The van der Waals surface area contributed by atoms with Crippen molar-refractivity contribution in [1.82, 2.24) is 10.3 Å². The Morgan fingerprint density at radius 3 is 2.83 bits per heavy atom. The van der Waals surface area contributed by atoms with E-state index in [0.29, 0.717) is 0 Å². The Hall–Kier alpha value is -2.18. The fourth-order valence-electron chi connectivity index (χ4n) is 1.40. The number of carbonyl (C=O) groups excluding carboxylic acids is 1. The number of aromatic nitrogens is 1. The molecule has 1 aliphatic carbocycles. The molecule has 6 nitrogen and oxygen atoms in total. The third kappa shape index (κ3) is 2.93. The number of anilines is 1.